The number of H-pyrrole nitrogens is 1. The number of nitrogens with zero attached hydrogens (tertiary/aromatic N) is 2. The molecule has 1 aromatic carbocycles. The summed E-state index contributed by atoms with van der Waals surface area (Å²) in [6, 6.07) is 9.34. The van der Waals surface area contributed by atoms with Crippen LogP contribution in [0.25, 0.3) is 22.0 Å². The molecular formula is C23H21N3O4. The summed E-state index contributed by atoms with van der Waals surface area (Å²) >= 11 is 0. The number of nitrogens with one attached hydrogen (secondary N) is 1. The highest BCUT2D eigenvalue weighted by molar-refractivity contribution is 6.12. The Morgan fingerprint density at radius 2 is 2.00 bits per heavy atom. The maximum Gasteiger partial charge on any atom is 0.339 e. The first-order valence-corrected chi connectivity index (χ1v) is 10.0. The molecule has 1 atom stereocenters. The Labute approximate surface area is 172 Å². The normalized spacial score (nSPS) is 14.9. The molecule has 4 aromatic rings. The number of carbonyl (C=O) groups is 2. The summed E-state index contributed by atoms with van der Waals surface area (Å²) in [5.41, 5.74) is 4.22. The van der Waals surface area contributed by atoms with E-state index in [2.05, 4.69) is 15.1 Å². The molecule has 1 saturated carbocycles. The molecule has 30 heavy (non-hydrogen) atoms. The molecule has 1 fully saturated rings. The smallest absolute Gasteiger partial charge is 0.339 e. The van der Waals surface area contributed by atoms with Crippen LogP contribution in [0.4, 0.5) is 0 Å². The van der Waals surface area contributed by atoms with Crippen LogP contribution in [-0.2, 0) is 4.74 Å². The van der Waals surface area contributed by atoms with E-state index in [0.717, 1.165) is 35.1 Å². The number of para-hydroxylation sites is 1. The van der Waals surface area contributed by atoms with Gasteiger partial charge in [-0.1, -0.05) is 23.4 Å². The maximum absolute atomic E-state index is 13.1. The van der Waals surface area contributed by atoms with Gasteiger partial charge in [-0.3, -0.25) is 4.79 Å². The third-order valence-electron chi connectivity index (χ3n) is 5.65. The second-order valence-corrected chi connectivity index (χ2v) is 7.90. The molecule has 0 saturated heterocycles. The Hall–Kier alpha value is -3.48. The number of carbonyl (C=O) groups excluding carboxylic acids is 2. The van der Waals surface area contributed by atoms with Gasteiger partial charge >= 0.3 is 5.97 Å². The zero-order chi connectivity index (χ0) is 21.0. The summed E-state index contributed by atoms with van der Waals surface area (Å²) in [4.78, 5) is 33.9. The van der Waals surface area contributed by atoms with E-state index in [9.17, 15) is 9.59 Å². The van der Waals surface area contributed by atoms with Crippen LogP contribution in [0, 0.1) is 13.8 Å². The molecule has 1 N–H and O–H groups in total. The fourth-order valence-electron chi connectivity index (χ4n) is 3.94. The number of aryl methyl sites for hydroxylation is 2. The lowest BCUT2D eigenvalue weighted by molar-refractivity contribution is 0.0321. The van der Waals surface area contributed by atoms with Crippen LogP contribution in [0.3, 0.4) is 0 Å². The van der Waals surface area contributed by atoms with Crippen molar-refractivity contribution in [1.82, 2.24) is 15.1 Å². The number of fused-ring (bicyclic) bond motifs is 2. The fraction of sp³-hybridized carbons (Fsp3) is 0.304. The molecule has 0 aliphatic heterocycles. The van der Waals surface area contributed by atoms with E-state index < -0.39 is 12.1 Å². The zero-order valence-electron chi connectivity index (χ0n) is 17.0. The number of ether oxygens (including phenoxy) is 1. The topological polar surface area (TPSA) is 98.1 Å². The Balaban J connectivity index is 1.47. The quantitative estimate of drug-likeness (QED) is 0.385. The molecule has 0 spiro atoms. The van der Waals surface area contributed by atoms with E-state index in [0.29, 0.717) is 33.8 Å². The number of hydrogen-bond acceptors (Lipinski definition) is 6. The van der Waals surface area contributed by atoms with Crippen molar-refractivity contribution in [2.45, 2.75) is 45.6 Å². The molecular weight excluding hydrogens is 382 g/mol. The van der Waals surface area contributed by atoms with E-state index in [1.807, 2.05) is 31.2 Å². The lowest BCUT2D eigenvalue weighted by Crippen LogP contribution is -2.25. The first-order valence-electron chi connectivity index (χ1n) is 10.0. The van der Waals surface area contributed by atoms with E-state index >= 15 is 0 Å². The summed E-state index contributed by atoms with van der Waals surface area (Å²) < 4.78 is 10.9. The highest BCUT2D eigenvalue weighted by Gasteiger charge is 2.31. The van der Waals surface area contributed by atoms with Crippen LogP contribution in [0.5, 0.6) is 0 Å². The van der Waals surface area contributed by atoms with Gasteiger partial charge in [0.15, 0.2) is 6.10 Å². The Morgan fingerprint density at radius 1 is 1.23 bits per heavy atom. The zero-order valence-corrected chi connectivity index (χ0v) is 17.0. The predicted molar refractivity (Wildman–Crippen MR) is 111 cm³/mol. The number of hydrogen-bond donors (Lipinski definition) is 1. The molecule has 152 valence electrons. The van der Waals surface area contributed by atoms with E-state index in [1.165, 1.54) is 0 Å². The van der Waals surface area contributed by atoms with Crippen LogP contribution in [0.2, 0.25) is 0 Å². The van der Waals surface area contributed by atoms with Crippen LogP contribution < -0.4 is 0 Å². The molecule has 1 aliphatic rings. The maximum atomic E-state index is 13.1. The largest absolute Gasteiger partial charge is 0.451 e. The van der Waals surface area contributed by atoms with E-state index in [1.54, 1.807) is 19.9 Å². The predicted octanol–water partition coefficient (Wildman–Crippen LogP) is 4.63. The molecule has 0 radical (unpaired) electrons. The minimum absolute atomic E-state index is 0.243. The summed E-state index contributed by atoms with van der Waals surface area (Å²) in [7, 11) is 0. The van der Waals surface area contributed by atoms with Crippen molar-refractivity contribution in [3.8, 4) is 0 Å². The number of aromatic amines is 1. The van der Waals surface area contributed by atoms with Gasteiger partial charge in [-0.2, -0.15) is 0 Å². The van der Waals surface area contributed by atoms with Crippen molar-refractivity contribution in [3.63, 3.8) is 0 Å². The minimum atomic E-state index is -0.942. The van der Waals surface area contributed by atoms with Gasteiger partial charge in [0.2, 0.25) is 5.78 Å². The standard InChI is InChI=1S/C23H21N3O4/c1-11-19(15-6-4-5-7-17(15)24-11)21(27)13(3)29-23(28)16-10-18(14-8-9-14)25-22-20(16)12(2)26-30-22/h4-7,10,13-14,24H,8-9H2,1-3H3. The SMILES string of the molecule is Cc1[nH]c2ccccc2c1C(=O)C(C)OC(=O)c1cc(C2CC2)nc2onc(C)c12. The average molecular weight is 403 g/mol. The Kier molecular flexibility index (Phi) is 4.20. The molecule has 0 amide bonds. The lowest BCUT2D eigenvalue weighted by atomic mass is 10.0. The Morgan fingerprint density at radius 3 is 2.77 bits per heavy atom. The van der Waals surface area contributed by atoms with Crippen LogP contribution >= 0.6 is 0 Å². The average Bonchev–Trinajstić information content (AvgIpc) is 3.44. The summed E-state index contributed by atoms with van der Waals surface area (Å²) in [5.74, 6) is -0.485. The lowest BCUT2D eigenvalue weighted by Gasteiger charge is -2.13. The third kappa shape index (κ3) is 2.98. The van der Waals surface area contributed by atoms with Crippen molar-refractivity contribution < 1.29 is 18.8 Å². The van der Waals surface area contributed by atoms with Gasteiger partial charge in [0.1, 0.15) is 0 Å². The number of rotatable bonds is 5. The summed E-state index contributed by atoms with van der Waals surface area (Å²) in [6.45, 7) is 5.20. The molecule has 3 heterocycles. The third-order valence-corrected chi connectivity index (χ3v) is 5.65. The van der Waals surface area contributed by atoms with Gasteiger partial charge < -0.3 is 14.2 Å². The summed E-state index contributed by atoms with van der Waals surface area (Å²) in [6.07, 6.45) is 1.13. The van der Waals surface area contributed by atoms with E-state index in [-0.39, 0.29) is 5.78 Å². The van der Waals surface area contributed by atoms with Crippen molar-refractivity contribution in [1.29, 1.82) is 0 Å². The molecule has 3 aromatic heterocycles. The monoisotopic (exact) mass is 403 g/mol. The first-order chi connectivity index (χ1) is 14.4. The number of Topliss-reactive ketones (excluding diaryl/α,β-unsaturated/α-hetero) is 1. The van der Waals surface area contributed by atoms with Crippen molar-refractivity contribution in [2.24, 2.45) is 0 Å². The van der Waals surface area contributed by atoms with Crippen LogP contribution in [0.15, 0.2) is 34.9 Å². The van der Waals surface area contributed by atoms with Crippen LogP contribution in [-0.4, -0.2) is 33.0 Å². The van der Waals surface area contributed by atoms with Gasteiger partial charge in [-0.05, 0) is 45.7 Å². The fourth-order valence-corrected chi connectivity index (χ4v) is 3.94. The van der Waals surface area contributed by atoms with Crippen molar-refractivity contribution in [3.05, 3.63) is 58.5 Å². The van der Waals surface area contributed by atoms with Crippen LogP contribution in [0.1, 0.15) is 63.5 Å². The van der Waals surface area contributed by atoms with Gasteiger partial charge in [0, 0.05) is 33.8 Å². The highest BCUT2D eigenvalue weighted by Crippen LogP contribution is 2.40. The molecule has 5 rings (SSSR count). The minimum Gasteiger partial charge on any atom is -0.451 e. The van der Waals surface area contributed by atoms with Crippen molar-refractivity contribution >= 4 is 33.8 Å². The second kappa shape index (κ2) is 6.79. The number of ketones is 1. The number of aromatic nitrogens is 3. The molecule has 7 heteroatoms. The first kappa shape index (κ1) is 18.5. The van der Waals surface area contributed by atoms with Gasteiger partial charge in [0.05, 0.1) is 16.6 Å². The molecule has 0 bridgehead atoms. The number of benzene rings is 1. The van der Waals surface area contributed by atoms with Gasteiger partial charge in [0.25, 0.3) is 5.71 Å². The van der Waals surface area contributed by atoms with Gasteiger partial charge in [-0.15, -0.1) is 0 Å². The van der Waals surface area contributed by atoms with E-state index in [4.69, 9.17) is 9.26 Å². The number of pyridine rings is 1. The molecule has 1 aliphatic carbocycles. The van der Waals surface area contributed by atoms with Crippen molar-refractivity contribution in [2.75, 3.05) is 0 Å². The highest BCUT2D eigenvalue weighted by atomic mass is 16.5. The molecule has 1 unspecified atom stereocenters. The van der Waals surface area contributed by atoms with Gasteiger partial charge in [-0.25, -0.2) is 9.78 Å². The second-order valence-electron chi connectivity index (χ2n) is 7.90. The molecule has 7 nitrogen and oxygen atoms in total. The Bertz CT molecular complexity index is 1310. The summed E-state index contributed by atoms with van der Waals surface area (Å²) in [5, 5.41) is 5.30. The number of esters is 1.